The van der Waals surface area contributed by atoms with Crippen molar-refractivity contribution in [3.05, 3.63) is 63.1 Å². The van der Waals surface area contributed by atoms with Crippen LogP contribution in [0.3, 0.4) is 0 Å². The molecule has 0 aliphatic rings. The van der Waals surface area contributed by atoms with E-state index in [0.29, 0.717) is 11.6 Å². The van der Waals surface area contributed by atoms with Crippen LogP contribution in [0.25, 0.3) is 0 Å². The molecule has 0 radical (unpaired) electrons. The van der Waals surface area contributed by atoms with Crippen LogP contribution in [0.15, 0.2) is 30.3 Å². The summed E-state index contributed by atoms with van der Waals surface area (Å²) in [6, 6.07) is 8.27. The Labute approximate surface area is 141 Å². The fourth-order valence-corrected chi connectivity index (χ4v) is 2.30. The Morgan fingerprint density at radius 2 is 1.77 bits per heavy atom. The lowest BCUT2D eigenvalue weighted by molar-refractivity contribution is 0.552. The number of nitrogens with two attached hydrogens (primary N) is 1. The molecule has 2 nitrogen and oxygen atoms in total. The normalized spacial score (nSPS) is 10.9. The number of hydrogen-bond acceptors (Lipinski definition) is 2. The number of aromatic nitrogens is 1. The number of benzene rings is 1. The van der Waals surface area contributed by atoms with E-state index in [1.807, 2.05) is 33.8 Å². The van der Waals surface area contributed by atoms with Crippen molar-refractivity contribution in [2.24, 2.45) is 5.73 Å². The Bertz CT molecular complexity index is 637. The third-order valence-electron chi connectivity index (χ3n) is 2.96. The largest absolute Gasteiger partial charge is 0.322 e. The second-order valence-corrected chi connectivity index (χ2v) is 6.11. The molecular weight excluding hydrogens is 322 g/mol. The molecule has 120 valence electrons. The van der Waals surface area contributed by atoms with Crippen molar-refractivity contribution in [3.8, 4) is 0 Å². The molecule has 0 saturated heterocycles. The van der Waals surface area contributed by atoms with E-state index in [1.54, 1.807) is 18.2 Å². The maximum absolute atomic E-state index is 13.1. The van der Waals surface area contributed by atoms with Crippen LogP contribution in [0.2, 0.25) is 10.2 Å². The van der Waals surface area contributed by atoms with Gasteiger partial charge in [-0.3, -0.25) is 0 Å². The number of rotatable bonds is 3. The number of pyridine rings is 1. The molecule has 2 rings (SSSR count). The minimum absolute atomic E-state index is 0.101. The zero-order valence-electron chi connectivity index (χ0n) is 13.3. The van der Waals surface area contributed by atoms with Crippen LogP contribution in [-0.2, 0) is 12.0 Å². The molecular formula is C17H21Cl2FN2. The second kappa shape index (κ2) is 7.91. The molecule has 0 spiro atoms. The van der Waals surface area contributed by atoms with Gasteiger partial charge < -0.3 is 5.73 Å². The number of hydrogen-bond donors (Lipinski definition) is 1. The lowest BCUT2D eigenvalue weighted by Crippen LogP contribution is -2.28. The average Bonchev–Trinajstić information content (AvgIpc) is 2.43. The monoisotopic (exact) mass is 342 g/mol. The SMILES string of the molecule is CC.CC(C)(N)c1cc(Cl)nc(Cc2ccc(F)c(Cl)c2)c1. The van der Waals surface area contributed by atoms with Gasteiger partial charge >= 0.3 is 0 Å². The van der Waals surface area contributed by atoms with Gasteiger partial charge in [0, 0.05) is 17.7 Å². The second-order valence-electron chi connectivity index (χ2n) is 5.32. The summed E-state index contributed by atoms with van der Waals surface area (Å²) in [7, 11) is 0. The van der Waals surface area contributed by atoms with Gasteiger partial charge in [0.2, 0.25) is 0 Å². The molecule has 2 N–H and O–H groups in total. The van der Waals surface area contributed by atoms with Crippen LogP contribution in [0.5, 0.6) is 0 Å². The molecule has 1 heterocycles. The van der Waals surface area contributed by atoms with Gasteiger partial charge in [-0.05, 0) is 49.2 Å². The standard InChI is InChI=1S/C15H15Cl2FN2.C2H6/c1-15(2,19)10-7-11(20-14(17)8-10)5-9-3-4-13(18)12(16)6-9;1-2/h3-4,6-8H,5,19H2,1-2H3;1-2H3. The molecule has 0 fully saturated rings. The first-order valence-corrected chi connectivity index (χ1v) is 7.91. The molecule has 5 heteroatoms. The van der Waals surface area contributed by atoms with Crippen molar-refractivity contribution in [2.75, 3.05) is 0 Å². The van der Waals surface area contributed by atoms with Crippen LogP contribution in [0.1, 0.15) is 44.5 Å². The maximum Gasteiger partial charge on any atom is 0.141 e. The first-order valence-electron chi connectivity index (χ1n) is 7.15. The first-order chi connectivity index (χ1) is 10.3. The minimum atomic E-state index is -0.498. The summed E-state index contributed by atoms with van der Waals surface area (Å²) < 4.78 is 13.1. The Morgan fingerprint density at radius 1 is 1.14 bits per heavy atom. The summed E-state index contributed by atoms with van der Waals surface area (Å²) in [5, 5.41) is 0.494. The van der Waals surface area contributed by atoms with Gasteiger partial charge in [0.1, 0.15) is 11.0 Å². The highest BCUT2D eigenvalue weighted by Gasteiger charge is 2.16. The van der Waals surface area contributed by atoms with Crippen LogP contribution in [0, 0.1) is 5.82 Å². The third kappa shape index (κ3) is 5.24. The zero-order chi connectivity index (χ0) is 16.9. The van der Waals surface area contributed by atoms with Crippen molar-refractivity contribution in [1.29, 1.82) is 0 Å². The van der Waals surface area contributed by atoms with E-state index in [0.717, 1.165) is 16.8 Å². The predicted octanol–water partition coefficient (Wildman–Crippen LogP) is 5.34. The van der Waals surface area contributed by atoms with Gasteiger partial charge in [0.15, 0.2) is 0 Å². The summed E-state index contributed by atoms with van der Waals surface area (Å²) in [5.74, 6) is -0.432. The van der Waals surface area contributed by atoms with Gasteiger partial charge in [-0.2, -0.15) is 0 Å². The Kier molecular flexibility index (Phi) is 6.79. The van der Waals surface area contributed by atoms with E-state index in [1.165, 1.54) is 6.07 Å². The molecule has 1 aromatic heterocycles. The summed E-state index contributed by atoms with van der Waals surface area (Å²) in [5.41, 5.74) is 8.12. The van der Waals surface area contributed by atoms with Crippen molar-refractivity contribution in [1.82, 2.24) is 4.98 Å². The lowest BCUT2D eigenvalue weighted by atomic mass is 9.95. The van der Waals surface area contributed by atoms with E-state index < -0.39 is 11.4 Å². The molecule has 1 aromatic carbocycles. The number of nitrogens with zero attached hydrogens (tertiary/aromatic N) is 1. The molecule has 0 aliphatic carbocycles. The van der Waals surface area contributed by atoms with Crippen LogP contribution >= 0.6 is 23.2 Å². The van der Waals surface area contributed by atoms with Gasteiger partial charge in [-0.15, -0.1) is 0 Å². The van der Waals surface area contributed by atoms with E-state index in [4.69, 9.17) is 28.9 Å². The van der Waals surface area contributed by atoms with Crippen molar-refractivity contribution in [2.45, 2.75) is 39.7 Å². The zero-order valence-corrected chi connectivity index (χ0v) is 14.8. The van der Waals surface area contributed by atoms with Crippen molar-refractivity contribution in [3.63, 3.8) is 0 Å². The third-order valence-corrected chi connectivity index (χ3v) is 3.44. The Balaban J connectivity index is 0.00000116. The molecule has 0 unspecified atom stereocenters. The fourth-order valence-electron chi connectivity index (χ4n) is 1.87. The number of halogens is 3. The van der Waals surface area contributed by atoms with Crippen LogP contribution in [0.4, 0.5) is 4.39 Å². The van der Waals surface area contributed by atoms with Crippen LogP contribution in [-0.4, -0.2) is 4.98 Å². The summed E-state index contributed by atoms with van der Waals surface area (Å²) in [6.45, 7) is 7.80. The minimum Gasteiger partial charge on any atom is -0.322 e. The Hall–Kier alpha value is -1.16. The fraction of sp³-hybridized carbons (Fsp3) is 0.353. The lowest BCUT2D eigenvalue weighted by Gasteiger charge is -2.20. The predicted molar refractivity (Wildman–Crippen MR) is 92.0 cm³/mol. The molecule has 0 atom stereocenters. The smallest absolute Gasteiger partial charge is 0.141 e. The quantitative estimate of drug-likeness (QED) is 0.764. The molecule has 0 saturated carbocycles. The molecule has 0 bridgehead atoms. The van der Waals surface area contributed by atoms with E-state index in [-0.39, 0.29) is 5.02 Å². The molecule has 2 aromatic rings. The highest BCUT2D eigenvalue weighted by Crippen LogP contribution is 2.23. The van der Waals surface area contributed by atoms with Gasteiger partial charge in [-0.25, -0.2) is 9.37 Å². The topological polar surface area (TPSA) is 38.9 Å². The average molecular weight is 343 g/mol. The van der Waals surface area contributed by atoms with E-state index in [2.05, 4.69) is 4.98 Å². The summed E-state index contributed by atoms with van der Waals surface area (Å²) in [4.78, 5) is 4.27. The van der Waals surface area contributed by atoms with Crippen molar-refractivity contribution >= 4 is 23.2 Å². The highest BCUT2D eigenvalue weighted by atomic mass is 35.5. The molecule has 22 heavy (non-hydrogen) atoms. The molecule has 0 aliphatic heterocycles. The van der Waals surface area contributed by atoms with Gasteiger partial charge in [0.05, 0.1) is 5.02 Å². The van der Waals surface area contributed by atoms with Crippen molar-refractivity contribution < 1.29 is 4.39 Å². The van der Waals surface area contributed by atoms with Gasteiger partial charge in [0.25, 0.3) is 0 Å². The summed E-state index contributed by atoms with van der Waals surface area (Å²) >= 11 is 11.8. The first kappa shape index (κ1) is 18.9. The highest BCUT2D eigenvalue weighted by molar-refractivity contribution is 6.30. The van der Waals surface area contributed by atoms with E-state index in [9.17, 15) is 4.39 Å². The molecule has 0 amide bonds. The van der Waals surface area contributed by atoms with Crippen LogP contribution < -0.4 is 5.73 Å². The summed E-state index contributed by atoms with van der Waals surface area (Å²) in [6.07, 6.45) is 0.517. The van der Waals surface area contributed by atoms with Gasteiger partial charge in [-0.1, -0.05) is 43.1 Å². The maximum atomic E-state index is 13.1. The Morgan fingerprint density at radius 3 is 2.32 bits per heavy atom. The van der Waals surface area contributed by atoms with E-state index >= 15 is 0 Å².